The fourth-order valence-corrected chi connectivity index (χ4v) is 1.15. The van der Waals surface area contributed by atoms with Gasteiger partial charge < -0.3 is 15.6 Å². The molecule has 0 aliphatic carbocycles. The number of ether oxygens (including phenoxy) is 1. The van der Waals surface area contributed by atoms with E-state index in [2.05, 4.69) is 0 Å². The van der Waals surface area contributed by atoms with Crippen LogP contribution >= 0.6 is 0 Å². The van der Waals surface area contributed by atoms with Crippen molar-refractivity contribution in [3.63, 3.8) is 0 Å². The summed E-state index contributed by atoms with van der Waals surface area (Å²) >= 11 is 0. The van der Waals surface area contributed by atoms with E-state index >= 15 is 0 Å². The Labute approximate surface area is 96.0 Å². The third-order valence-corrected chi connectivity index (χ3v) is 2.17. The van der Waals surface area contributed by atoms with Crippen molar-refractivity contribution in [3.05, 3.63) is 0 Å². The maximum absolute atomic E-state index is 11.2. The van der Waals surface area contributed by atoms with E-state index in [1.807, 2.05) is 6.92 Å². The zero-order valence-corrected chi connectivity index (χ0v) is 9.78. The van der Waals surface area contributed by atoms with Crippen molar-refractivity contribution in [1.29, 1.82) is 0 Å². The molecule has 0 saturated heterocycles. The van der Waals surface area contributed by atoms with Gasteiger partial charge in [0.25, 0.3) is 0 Å². The lowest BCUT2D eigenvalue weighted by atomic mass is 10.1. The predicted octanol–water partition coefficient (Wildman–Crippen LogP) is 0.954. The van der Waals surface area contributed by atoms with Gasteiger partial charge in [-0.3, -0.25) is 9.59 Å². The number of nitrogens with two attached hydrogens (primary N) is 1. The van der Waals surface area contributed by atoms with Crippen LogP contribution in [0.4, 0.5) is 0 Å². The van der Waals surface area contributed by atoms with Crippen LogP contribution in [-0.4, -0.2) is 36.1 Å². The summed E-state index contributed by atoms with van der Waals surface area (Å²) < 4.78 is 5.05. The van der Waals surface area contributed by atoms with Gasteiger partial charge in [0.15, 0.2) is 0 Å². The minimum Gasteiger partial charge on any atom is -0.480 e. The summed E-state index contributed by atoms with van der Waals surface area (Å²) in [6.45, 7) is 2.43. The van der Waals surface area contributed by atoms with Crippen LogP contribution in [0.25, 0.3) is 0 Å². The highest BCUT2D eigenvalue weighted by Gasteiger charge is 2.10. The molecule has 0 heterocycles. The number of carboxylic acid groups (broad SMARTS) is 1. The number of ketones is 1. The fourth-order valence-electron chi connectivity index (χ4n) is 1.15. The lowest BCUT2D eigenvalue weighted by Gasteiger charge is -2.07. The van der Waals surface area contributed by atoms with Crippen molar-refractivity contribution in [2.45, 2.75) is 45.1 Å². The molecule has 16 heavy (non-hydrogen) atoms. The lowest BCUT2D eigenvalue weighted by Crippen LogP contribution is -2.35. The Morgan fingerprint density at radius 2 is 1.94 bits per heavy atom. The molecule has 0 bridgehead atoms. The summed E-state index contributed by atoms with van der Waals surface area (Å²) in [6, 6.07) is -0.976. The Balaban J connectivity index is 3.33. The molecule has 0 amide bonds. The number of hydrogen-bond donors (Lipinski definition) is 2. The molecule has 5 heteroatoms. The molecule has 0 unspecified atom stereocenters. The van der Waals surface area contributed by atoms with E-state index in [1.165, 1.54) is 0 Å². The van der Waals surface area contributed by atoms with Crippen LogP contribution in [0.2, 0.25) is 0 Å². The highest BCUT2D eigenvalue weighted by atomic mass is 16.5. The summed E-state index contributed by atoms with van der Waals surface area (Å²) in [7, 11) is 0. The zero-order valence-electron chi connectivity index (χ0n) is 9.78. The van der Waals surface area contributed by atoms with Crippen LogP contribution in [0.3, 0.4) is 0 Å². The minimum atomic E-state index is -1.07. The van der Waals surface area contributed by atoms with Crippen LogP contribution in [0.5, 0.6) is 0 Å². The van der Waals surface area contributed by atoms with Crippen LogP contribution < -0.4 is 5.73 Å². The first-order valence-electron chi connectivity index (χ1n) is 5.65. The number of unbranched alkanes of at least 4 members (excludes halogenated alkanes) is 1. The summed E-state index contributed by atoms with van der Waals surface area (Å²) in [5, 5.41) is 8.46. The largest absolute Gasteiger partial charge is 0.480 e. The molecule has 0 fully saturated rings. The molecule has 3 N–H and O–H groups in total. The number of aliphatic carboxylic acids is 1. The molecule has 0 aromatic carbocycles. The Morgan fingerprint density at radius 1 is 1.31 bits per heavy atom. The number of rotatable bonds is 10. The maximum Gasteiger partial charge on any atom is 0.322 e. The van der Waals surface area contributed by atoms with Crippen LogP contribution in [0.15, 0.2) is 0 Å². The van der Waals surface area contributed by atoms with Gasteiger partial charge in [-0.05, 0) is 12.8 Å². The van der Waals surface area contributed by atoms with Crippen molar-refractivity contribution in [2.75, 3.05) is 13.2 Å². The maximum atomic E-state index is 11.2. The minimum absolute atomic E-state index is 0.00150. The Kier molecular flexibility index (Phi) is 8.75. The molecule has 94 valence electrons. The van der Waals surface area contributed by atoms with E-state index in [9.17, 15) is 9.59 Å². The lowest BCUT2D eigenvalue weighted by molar-refractivity contribution is -0.140. The molecule has 0 aromatic rings. The first-order valence-corrected chi connectivity index (χ1v) is 5.65. The predicted molar refractivity (Wildman–Crippen MR) is 60.2 cm³/mol. The quantitative estimate of drug-likeness (QED) is 0.546. The van der Waals surface area contributed by atoms with Gasteiger partial charge in [-0.1, -0.05) is 13.3 Å². The van der Waals surface area contributed by atoms with Gasteiger partial charge in [-0.2, -0.15) is 0 Å². The topological polar surface area (TPSA) is 89.6 Å². The van der Waals surface area contributed by atoms with E-state index < -0.39 is 12.0 Å². The summed E-state index contributed by atoms with van der Waals surface area (Å²) in [4.78, 5) is 21.6. The van der Waals surface area contributed by atoms with E-state index in [-0.39, 0.29) is 12.4 Å². The molecule has 0 radical (unpaired) electrons. The zero-order chi connectivity index (χ0) is 12.4. The van der Waals surface area contributed by atoms with Crippen LogP contribution in [-0.2, 0) is 14.3 Å². The van der Waals surface area contributed by atoms with Crippen LogP contribution in [0.1, 0.15) is 39.0 Å². The molecular weight excluding hydrogens is 210 g/mol. The van der Waals surface area contributed by atoms with Gasteiger partial charge in [0.2, 0.25) is 0 Å². The second kappa shape index (κ2) is 9.30. The number of carbonyl (C=O) groups is 2. The van der Waals surface area contributed by atoms with Crippen molar-refractivity contribution >= 4 is 11.8 Å². The van der Waals surface area contributed by atoms with Crippen molar-refractivity contribution in [3.8, 4) is 0 Å². The second-order valence-electron chi connectivity index (χ2n) is 3.77. The van der Waals surface area contributed by atoms with E-state index in [1.54, 1.807) is 0 Å². The molecule has 1 atom stereocenters. The first-order chi connectivity index (χ1) is 7.57. The monoisotopic (exact) mass is 231 g/mol. The average Bonchev–Trinajstić information content (AvgIpc) is 2.25. The molecule has 0 aliphatic rings. The Hall–Kier alpha value is -0.940. The molecule has 0 rings (SSSR count). The summed E-state index contributed by atoms with van der Waals surface area (Å²) in [5.41, 5.74) is 5.23. The molecule has 0 aliphatic heterocycles. The molecule has 5 nitrogen and oxygen atoms in total. The number of carbonyl (C=O) groups excluding carboxylic acids is 1. The third-order valence-electron chi connectivity index (χ3n) is 2.17. The molecule has 0 saturated carbocycles. The summed E-state index contributed by atoms with van der Waals surface area (Å²) in [5.74, 6) is -0.827. The normalized spacial score (nSPS) is 12.4. The number of carboxylic acids is 1. The van der Waals surface area contributed by atoms with Crippen molar-refractivity contribution < 1.29 is 19.4 Å². The van der Waals surface area contributed by atoms with Gasteiger partial charge in [0.05, 0.1) is 6.61 Å². The van der Waals surface area contributed by atoms with Gasteiger partial charge in [0.1, 0.15) is 11.8 Å². The van der Waals surface area contributed by atoms with Gasteiger partial charge >= 0.3 is 5.97 Å². The van der Waals surface area contributed by atoms with Gasteiger partial charge in [-0.15, -0.1) is 0 Å². The Morgan fingerprint density at radius 3 is 2.50 bits per heavy atom. The summed E-state index contributed by atoms with van der Waals surface area (Å²) in [6.07, 6.45) is 3.72. The highest BCUT2D eigenvalue weighted by Crippen LogP contribution is 2.01. The third kappa shape index (κ3) is 8.38. The van der Waals surface area contributed by atoms with E-state index in [4.69, 9.17) is 15.6 Å². The number of Topliss-reactive ketones (excluding diaryl/α,β-unsaturated/α-hetero) is 1. The van der Waals surface area contributed by atoms with Crippen LogP contribution in [0, 0.1) is 0 Å². The second-order valence-corrected chi connectivity index (χ2v) is 3.77. The average molecular weight is 231 g/mol. The molecule has 0 aromatic heterocycles. The van der Waals surface area contributed by atoms with Gasteiger partial charge in [-0.25, -0.2) is 0 Å². The SMILES string of the molecule is CCCCC(=O)CCCOC[C@H](N)C(=O)O. The standard InChI is InChI=1S/C11H21NO4/c1-2-3-5-9(13)6-4-7-16-8-10(12)11(14)15/h10H,2-8,12H2,1H3,(H,14,15)/t10-/m0/s1. The molecular formula is C11H21NO4. The number of hydrogen-bond acceptors (Lipinski definition) is 4. The van der Waals surface area contributed by atoms with Gasteiger partial charge in [0, 0.05) is 19.4 Å². The Bertz CT molecular complexity index is 218. The van der Waals surface area contributed by atoms with E-state index in [0.717, 1.165) is 12.8 Å². The van der Waals surface area contributed by atoms with Crippen molar-refractivity contribution in [2.24, 2.45) is 5.73 Å². The molecule has 0 spiro atoms. The fraction of sp³-hybridized carbons (Fsp3) is 0.818. The van der Waals surface area contributed by atoms with E-state index in [0.29, 0.717) is 25.9 Å². The van der Waals surface area contributed by atoms with Crippen molar-refractivity contribution in [1.82, 2.24) is 0 Å². The first kappa shape index (κ1) is 15.1. The highest BCUT2D eigenvalue weighted by molar-refractivity contribution is 5.78. The smallest absolute Gasteiger partial charge is 0.322 e.